The van der Waals surface area contributed by atoms with Gasteiger partial charge in [-0.3, -0.25) is 9.59 Å². The maximum absolute atomic E-state index is 12.9. The topological polar surface area (TPSA) is 58.6 Å². The molecule has 1 aliphatic heterocycles. The first kappa shape index (κ1) is 18.4. The molecule has 0 bridgehead atoms. The minimum Gasteiger partial charge on any atom is -0.383 e. The van der Waals surface area contributed by atoms with E-state index in [2.05, 4.69) is 5.32 Å². The average Bonchev–Trinajstić information content (AvgIpc) is 2.78. The minimum atomic E-state index is 0.0284. The predicted octanol–water partition coefficient (Wildman–Crippen LogP) is 2.94. The van der Waals surface area contributed by atoms with Crippen molar-refractivity contribution in [2.24, 2.45) is 0 Å². The number of methoxy groups -OCH3 is 1. The van der Waals surface area contributed by atoms with Gasteiger partial charge in [0, 0.05) is 25.3 Å². The quantitative estimate of drug-likeness (QED) is 0.751. The number of carbonyl (C=O) groups is 2. The summed E-state index contributed by atoms with van der Waals surface area (Å²) in [5.74, 6) is 0.0932. The Bertz CT molecular complexity index is 521. The van der Waals surface area contributed by atoms with Crippen LogP contribution in [0.15, 0.2) is 11.1 Å². The normalized spacial score (nSPS) is 25.1. The van der Waals surface area contributed by atoms with Gasteiger partial charge in [0.2, 0.25) is 5.91 Å². The highest BCUT2D eigenvalue weighted by atomic mass is 16.5. The molecule has 0 radical (unpaired) electrons. The number of carbonyl (C=O) groups excluding carboxylic acids is 2. The molecule has 140 valence electrons. The predicted molar refractivity (Wildman–Crippen MR) is 97.1 cm³/mol. The summed E-state index contributed by atoms with van der Waals surface area (Å²) in [5.41, 5.74) is 2.00. The second-order valence-corrected chi connectivity index (χ2v) is 7.69. The van der Waals surface area contributed by atoms with Gasteiger partial charge in [0.25, 0.3) is 5.91 Å². The van der Waals surface area contributed by atoms with E-state index >= 15 is 0 Å². The number of fused-ring (bicyclic) bond motifs is 1. The van der Waals surface area contributed by atoms with E-state index in [1.807, 2.05) is 4.90 Å². The summed E-state index contributed by atoms with van der Waals surface area (Å²) in [6.45, 7) is 1.17. The van der Waals surface area contributed by atoms with E-state index in [1.54, 1.807) is 7.11 Å². The number of ether oxygens (including phenoxy) is 1. The lowest BCUT2D eigenvalue weighted by Gasteiger charge is -2.29. The second kappa shape index (κ2) is 8.84. The van der Waals surface area contributed by atoms with Crippen molar-refractivity contribution in [1.82, 2.24) is 10.2 Å². The molecule has 1 N–H and O–H groups in total. The Balaban J connectivity index is 1.64. The number of nitrogens with one attached hydrogen (secondary N) is 1. The molecule has 0 aromatic rings. The molecule has 1 heterocycles. The first-order chi connectivity index (χ1) is 12.2. The third kappa shape index (κ3) is 4.43. The van der Waals surface area contributed by atoms with Crippen LogP contribution in [0.1, 0.15) is 70.6 Å². The molecule has 2 fully saturated rings. The Kier molecular flexibility index (Phi) is 6.51. The van der Waals surface area contributed by atoms with Crippen LogP contribution in [0.3, 0.4) is 0 Å². The molecule has 2 amide bonds. The van der Waals surface area contributed by atoms with E-state index < -0.39 is 0 Å². The Morgan fingerprint density at radius 1 is 1.12 bits per heavy atom. The molecule has 0 aromatic heterocycles. The van der Waals surface area contributed by atoms with Crippen LogP contribution in [0, 0.1) is 0 Å². The van der Waals surface area contributed by atoms with Gasteiger partial charge in [-0.1, -0.05) is 32.1 Å². The summed E-state index contributed by atoms with van der Waals surface area (Å²) >= 11 is 0. The monoisotopic (exact) mass is 348 g/mol. The van der Waals surface area contributed by atoms with E-state index in [0.29, 0.717) is 19.2 Å². The molecule has 3 aliphatic rings. The summed E-state index contributed by atoms with van der Waals surface area (Å²) in [4.78, 5) is 27.4. The molecule has 5 nitrogen and oxygen atoms in total. The van der Waals surface area contributed by atoms with Gasteiger partial charge < -0.3 is 15.0 Å². The van der Waals surface area contributed by atoms with Crippen molar-refractivity contribution >= 4 is 11.8 Å². The fourth-order valence-electron chi connectivity index (χ4n) is 4.64. The average molecular weight is 348 g/mol. The van der Waals surface area contributed by atoms with Gasteiger partial charge >= 0.3 is 0 Å². The highest BCUT2D eigenvalue weighted by molar-refractivity contribution is 6.02. The van der Waals surface area contributed by atoms with Crippen LogP contribution in [-0.4, -0.2) is 49.1 Å². The lowest BCUT2D eigenvalue weighted by atomic mass is 9.88. The zero-order valence-corrected chi connectivity index (χ0v) is 15.5. The molecule has 2 saturated carbocycles. The second-order valence-electron chi connectivity index (χ2n) is 7.69. The molecule has 2 aliphatic carbocycles. The SMILES string of the molecule is COCCN1C(=O)C(CC(=O)NC2CCCCCC2)=C2CCCCC21. The third-order valence-electron chi connectivity index (χ3n) is 5.95. The molecule has 5 heteroatoms. The van der Waals surface area contributed by atoms with Crippen molar-refractivity contribution < 1.29 is 14.3 Å². The van der Waals surface area contributed by atoms with Crippen molar-refractivity contribution in [3.05, 3.63) is 11.1 Å². The molecule has 0 spiro atoms. The summed E-state index contributed by atoms with van der Waals surface area (Å²) in [6, 6.07) is 0.501. The van der Waals surface area contributed by atoms with Gasteiger partial charge in [0.05, 0.1) is 19.1 Å². The van der Waals surface area contributed by atoms with Crippen LogP contribution < -0.4 is 5.32 Å². The van der Waals surface area contributed by atoms with Gasteiger partial charge in [-0.05, 0) is 37.7 Å². The standard InChI is InChI=1S/C20H32N2O3/c1-25-13-12-22-18-11-7-6-10-16(18)17(20(22)24)14-19(23)21-15-8-4-2-3-5-9-15/h15,18H,2-14H2,1H3,(H,21,23). The lowest BCUT2D eigenvalue weighted by molar-refractivity contribution is -0.129. The summed E-state index contributed by atoms with van der Waals surface area (Å²) in [7, 11) is 1.66. The Hall–Kier alpha value is -1.36. The van der Waals surface area contributed by atoms with Crippen molar-refractivity contribution in [2.75, 3.05) is 20.3 Å². The van der Waals surface area contributed by atoms with Crippen LogP contribution in [0.4, 0.5) is 0 Å². The fraction of sp³-hybridized carbons (Fsp3) is 0.800. The molecule has 25 heavy (non-hydrogen) atoms. The van der Waals surface area contributed by atoms with Crippen LogP contribution in [0.5, 0.6) is 0 Å². The smallest absolute Gasteiger partial charge is 0.250 e. The van der Waals surface area contributed by atoms with Gasteiger partial charge in [-0.25, -0.2) is 0 Å². The van der Waals surface area contributed by atoms with E-state index in [9.17, 15) is 9.59 Å². The number of hydrogen-bond donors (Lipinski definition) is 1. The minimum absolute atomic E-state index is 0.0284. The highest BCUT2D eigenvalue weighted by Gasteiger charge is 2.40. The lowest BCUT2D eigenvalue weighted by Crippen LogP contribution is -2.39. The van der Waals surface area contributed by atoms with Crippen molar-refractivity contribution in [1.29, 1.82) is 0 Å². The van der Waals surface area contributed by atoms with Crippen molar-refractivity contribution in [2.45, 2.75) is 82.7 Å². The molecular weight excluding hydrogens is 316 g/mol. The summed E-state index contributed by atoms with van der Waals surface area (Å²) < 4.78 is 5.17. The number of hydrogen-bond acceptors (Lipinski definition) is 3. The van der Waals surface area contributed by atoms with Gasteiger partial charge in [-0.15, -0.1) is 0 Å². The molecule has 0 aromatic carbocycles. The van der Waals surface area contributed by atoms with Crippen molar-refractivity contribution in [3.8, 4) is 0 Å². The molecule has 3 rings (SSSR count). The summed E-state index contributed by atoms with van der Waals surface area (Å²) in [5, 5.41) is 3.19. The van der Waals surface area contributed by atoms with E-state index in [0.717, 1.165) is 44.1 Å². The number of nitrogens with zero attached hydrogens (tertiary/aromatic N) is 1. The number of amides is 2. The maximum atomic E-state index is 12.9. The first-order valence-electron chi connectivity index (χ1n) is 10.0. The van der Waals surface area contributed by atoms with Crippen LogP contribution in [0.25, 0.3) is 0 Å². The van der Waals surface area contributed by atoms with Gasteiger partial charge in [0.1, 0.15) is 0 Å². The van der Waals surface area contributed by atoms with Crippen LogP contribution >= 0.6 is 0 Å². The van der Waals surface area contributed by atoms with Crippen molar-refractivity contribution in [3.63, 3.8) is 0 Å². The molecule has 0 saturated heterocycles. The Morgan fingerprint density at radius 2 is 1.84 bits per heavy atom. The highest BCUT2D eigenvalue weighted by Crippen LogP contribution is 2.37. The van der Waals surface area contributed by atoms with E-state index in [-0.39, 0.29) is 24.3 Å². The zero-order valence-electron chi connectivity index (χ0n) is 15.5. The van der Waals surface area contributed by atoms with Crippen LogP contribution in [0.2, 0.25) is 0 Å². The Morgan fingerprint density at radius 3 is 2.56 bits per heavy atom. The van der Waals surface area contributed by atoms with Crippen LogP contribution in [-0.2, 0) is 14.3 Å². The molecule has 1 atom stereocenters. The third-order valence-corrected chi connectivity index (χ3v) is 5.95. The maximum Gasteiger partial charge on any atom is 0.250 e. The zero-order chi connectivity index (χ0) is 17.6. The van der Waals surface area contributed by atoms with E-state index in [1.165, 1.54) is 31.3 Å². The van der Waals surface area contributed by atoms with Gasteiger partial charge in [-0.2, -0.15) is 0 Å². The summed E-state index contributed by atoms with van der Waals surface area (Å²) in [6.07, 6.45) is 11.6. The largest absolute Gasteiger partial charge is 0.383 e. The fourth-order valence-corrected chi connectivity index (χ4v) is 4.64. The molecular formula is C20H32N2O3. The first-order valence-corrected chi connectivity index (χ1v) is 10.0. The van der Waals surface area contributed by atoms with E-state index in [4.69, 9.17) is 4.74 Å². The number of rotatable bonds is 6. The van der Waals surface area contributed by atoms with Gasteiger partial charge in [0.15, 0.2) is 0 Å². The Labute approximate surface area is 151 Å². The molecule has 1 unspecified atom stereocenters.